The molecular formula is C46H62N2. The summed E-state index contributed by atoms with van der Waals surface area (Å²) in [5.41, 5.74) is 25.1. The largest absolute Gasteiger partial charge is 0.399 e. The first-order chi connectivity index (χ1) is 23.3. The Morgan fingerprint density at radius 3 is 1.31 bits per heavy atom. The van der Waals surface area contributed by atoms with Crippen molar-refractivity contribution in [1.29, 1.82) is 0 Å². The molecule has 1 aliphatic rings. The number of anilines is 2. The first-order valence-corrected chi connectivity index (χ1v) is 19.2. The van der Waals surface area contributed by atoms with E-state index in [-0.39, 0.29) is 0 Å². The van der Waals surface area contributed by atoms with Crippen molar-refractivity contribution in [2.45, 2.75) is 129 Å². The monoisotopic (exact) mass is 642 g/mol. The van der Waals surface area contributed by atoms with Crippen molar-refractivity contribution in [3.8, 4) is 0 Å². The quantitative estimate of drug-likeness (QED) is 0.127. The Morgan fingerprint density at radius 1 is 0.521 bits per heavy atom. The normalized spacial score (nSPS) is 16.4. The zero-order chi connectivity index (χ0) is 34.0. The van der Waals surface area contributed by atoms with Crippen molar-refractivity contribution in [3.05, 3.63) is 129 Å². The van der Waals surface area contributed by atoms with Gasteiger partial charge in [0.2, 0.25) is 0 Å². The zero-order valence-corrected chi connectivity index (χ0v) is 30.6. The number of nitrogens with two attached hydrogens (primary N) is 2. The summed E-state index contributed by atoms with van der Waals surface area (Å²) >= 11 is 0. The van der Waals surface area contributed by atoms with Gasteiger partial charge in [0, 0.05) is 29.1 Å². The zero-order valence-electron chi connectivity index (χ0n) is 30.6. The summed E-state index contributed by atoms with van der Waals surface area (Å²) in [6, 6.07) is 32.4. The second kappa shape index (κ2) is 17.2. The molecule has 2 nitrogen and oxygen atoms in total. The van der Waals surface area contributed by atoms with Gasteiger partial charge in [0.05, 0.1) is 0 Å². The molecule has 0 spiro atoms. The molecule has 0 bridgehead atoms. The van der Waals surface area contributed by atoms with Crippen molar-refractivity contribution in [2.75, 3.05) is 11.5 Å². The van der Waals surface area contributed by atoms with Gasteiger partial charge >= 0.3 is 0 Å². The van der Waals surface area contributed by atoms with E-state index in [0.717, 1.165) is 48.9 Å². The average molecular weight is 643 g/mol. The Kier molecular flexibility index (Phi) is 12.8. The van der Waals surface area contributed by atoms with Crippen LogP contribution in [0.3, 0.4) is 0 Å². The number of nitrogen functional groups attached to an aromatic ring is 2. The number of benzene rings is 4. The van der Waals surface area contributed by atoms with E-state index in [9.17, 15) is 0 Å². The Hall–Kier alpha value is -3.52. The van der Waals surface area contributed by atoms with Crippen molar-refractivity contribution >= 4 is 11.4 Å². The van der Waals surface area contributed by atoms with Gasteiger partial charge < -0.3 is 11.5 Å². The molecule has 0 aliphatic heterocycles. The van der Waals surface area contributed by atoms with E-state index in [2.05, 4.69) is 120 Å². The maximum absolute atomic E-state index is 6.13. The lowest BCUT2D eigenvalue weighted by Crippen LogP contribution is -2.18. The molecule has 1 saturated carbocycles. The highest BCUT2D eigenvalue weighted by atomic mass is 14.5. The van der Waals surface area contributed by atoms with Crippen molar-refractivity contribution in [3.63, 3.8) is 0 Å². The van der Waals surface area contributed by atoms with Gasteiger partial charge in [-0.05, 0) is 120 Å². The lowest BCUT2D eigenvalue weighted by Gasteiger charge is -2.31. The first-order valence-electron chi connectivity index (χ1n) is 19.2. The average Bonchev–Trinajstić information content (AvgIpc) is 3.10. The molecule has 2 heteroatoms. The van der Waals surface area contributed by atoms with Crippen LogP contribution in [0.4, 0.5) is 11.4 Å². The molecule has 5 rings (SSSR count). The van der Waals surface area contributed by atoms with Crippen LogP contribution in [-0.2, 0) is 0 Å². The minimum Gasteiger partial charge on any atom is -0.399 e. The lowest BCUT2D eigenvalue weighted by molar-refractivity contribution is 0.225. The highest BCUT2D eigenvalue weighted by Gasteiger charge is 2.25. The molecule has 4 aromatic carbocycles. The van der Waals surface area contributed by atoms with Crippen LogP contribution in [0.25, 0.3) is 0 Å². The third-order valence-corrected chi connectivity index (χ3v) is 11.6. The predicted octanol–water partition coefficient (Wildman–Crippen LogP) is 12.9. The molecule has 48 heavy (non-hydrogen) atoms. The fourth-order valence-corrected chi connectivity index (χ4v) is 8.97. The molecule has 0 heterocycles. The van der Waals surface area contributed by atoms with Gasteiger partial charge in [0.1, 0.15) is 0 Å². The molecule has 0 aromatic heterocycles. The number of hydrogen-bond donors (Lipinski definition) is 2. The highest BCUT2D eigenvalue weighted by Crippen LogP contribution is 2.40. The van der Waals surface area contributed by atoms with Gasteiger partial charge in [-0.3, -0.25) is 0 Å². The van der Waals surface area contributed by atoms with E-state index < -0.39 is 0 Å². The van der Waals surface area contributed by atoms with Gasteiger partial charge in [-0.15, -0.1) is 0 Å². The molecule has 3 unspecified atom stereocenters. The van der Waals surface area contributed by atoms with Crippen LogP contribution in [0.2, 0.25) is 0 Å². The summed E-state index contributed by atoms with van der Waals surface area (Å²) in [4.78, 5) is 0. The van der Waals surface area contributed by atoms with Crippen LogP contribution in [0, 0.1) is 25.7 Å². The third-order valence-electron chi connectivity index (χ3n) is 11.6. The van der Waals surface area contributed by atoms with Crippen LogP contribution in [0.1, 0.15) is 160 Å². The fraction of sp³-hybridized carbons (Fsp3) is 0.478. The molecule has 0 saturated heterocycles. The van der Waals surface area contributed by atoms with Crippen LogP contribution >= 0.6 is 0 Å². The second-order valence-corrected chi connectivity index (χ2v) is 14.9. The van der Waals surface area contributed by atoms with E-state index in [0.29, 0.717) is 17.8 Å². The summed E-state index contributed by atoms with van der Waals surface area (Å²) < 4.78 is 0. The smallest absolute Gasteiger partial charge is 0.0316 e. The van der Waals surface area contributed by atoms with Crippen LogP contribution in [0.5, 0.6) is 0 Å². The van der Waals surface area contributed by atoms with Crippen molar-refractivity contribution in [2.24, 2.45) is 11.8 Å². The lowest BCUT2D eigenvalue weighted by atomic mass is 9.74. The van der Waals surface area contributed by atoms with Gasteiger partial charge in [-0.25, -0.2) is 0 Å². The van der Waals surface area contributed by atoms with E-state index >= 15 is 0 Å². The van der Waals surface area contributed by atoms with Crippen molar-refractivity contribution < 1.29 is 0 Å². The summed E-state index contributed by atoms with van der Waals surface area (Å²) in [7, 11) is 0. The summed E-state index contributed by atoms with van der Waals surface area (Å²) in [5, 5.41) is 0. The summed E-state index contributed by atoms with van der Waals surface area (Å²) in [5.74, 6) is 2.92. The fourth-order valence-electron chi connectivity index (χ4n) is 8.97. The van der Waals surface area contributed by atoms with E-state index in [1.807, 2.05) is 0 Å². The van der Waals surface area contributed by atoms with Gasteiger partial charge in [0.15, 0.2) is 0 Å². The molecular weight excluding hydrogens is 581 g/mol. The molecule has 1 fully saturated rings. The minimum atomic E-state index is 0.394. The minimum absolute atomic E-state index is 0.394. The molecule has 0 radical (unpaired) electrons. The van der Waals surface area contributed by atoms with E-state index in [1.54, 1.807) is 0 Å². The molecule has 3 atom stereocenters. The van der Waals surface area contributed by atoms with Gasteiger partial charge in [-0.1, -0.05) is 133 Å². The Morgan fingerprint density at radius 2 is 0.938 bits per heavy atom. The molecule has 4 N–H and O–H groups in total. The number of aryl methyl sites for hydroxylation is 2. The van der Waals surface area contributed by atoms with Crippen LogP contribution in [0.15, 0.2) is 84.9 Å². The number of rotatable bonds is 15. The Labute approximate surface area is 292 Å². The molecule has 256 valence electrons. The predicted molar refractivity (Wildman–Crippen MR) is 209 cm³/mol. The summed E-state index contributed by atoms with van der Waals surface area (Å²) in [6.45, 7) is 11.4. The number of hydrogen-bond acceptors (Lipinski definition) is 2. The van der Waals surface area contributed by atoms with E-state index in [4.69, 9.17) is 11.5 Å². The maximum Gasteiger partial charge on any atom is 0.0316 e. The van der Waals surface area contributed by atoms with Gasteiger partial charge in [-0.2, -0.15) is 0 Å². The Balaban J connectivity index is 1.46. The van der Waals surface area contributed by atoms with E-state index in [1.165, 1.54) is 95.9 Å². The van der Waals surface area contributed by atoms with Crippen LogP contribution < -0.4 is 11.5 Å². The van der Waals surface area contributed by atoms with Gasteiger partial charge in [0.25, 0.3) is 0 Å². The Bertz CT molecular complexity index is 1460. The van der Waals surface area contributed by atoms with Crippen LogP contribution in [-0.4, -0.2) is 0 Å². The summed E-state index contributed by atoms with van der Waals surface area (Å²) in [6.07, 6.45) is 15.5. The topological polar surface area (TPSA) is 52.0 Å². The van der Waals surface area contributed by atoms with Crippen molar-refractivity contribution in [1.82, 2.24) is 0 Å². The molecule has 4 aromatic rings. The third kappa shape index (κ3) is 8.73. The highest BCUT2D eigenvalue weighted by molar-refractivity contribution is 5.50. The SMILES string of the molecule is CCCC(c1ccc(C(CCC(CC)C2CCCCC2)c2ccc(C(CCC)c3ccc(N)cc3C)cc2)cc1)c1ccc(N)cc1C. The first kappa shape index (κ1) is 35.8. The molecule has 0 amide bonds. The standard InChI is InChI=1S/C46H62N2/c1-6-12-45(42-28-25-40(47)30-32(42)4)38-20-16-36(17-21-38)44(27-24-34(8-3)35-14-10-9-11-15-35)37-18-22-39(23-19-37)46(13-7-2)43-29-26-41(48)31-33(43)5/h16-23,25-26,28-31,34-35,44-46H,6-15,24,27,47-48H2,1-5H3. The second-order valence-electron chi connectivity index (χ2n) is 14.9. The molecule has 1 aliphatic carbocycles. The maximum atomic E-state index is 6.13.